The van der Waals surface area contributed by atoms with Crippen molar-refractivity contribution < 1.29 is 14.3 Å². The van der Waals surface area contributed by atoms with Crippen LogP contribution in [0.25, 0.3) is 6.08 Å². The minimum atomic E-state index is -0.472. The molecule has 0 N–H and O–H groups in total. The Kier molecular flexibility index (Phi) is 7.51. The van der Waals surface area contributed by atoms with Gasteiger partial charge in [-0.05, 0) is 96.9 Å². The molecule has 1 aliphatic rings. The van der Waals surface area contributed by atoms with Crippen LogP contribution in [0.15, 0.2) is 84.8 Å². The lowest BCUT2D eigenvalue weighted by atomic mass is 10.0. The summed E-state index contributed by atoms with van der Waals surface area (Å²) in [6, 6.07) is 19.6. The third-order valence-electron chi connectivity index (χ3n) is 5.07. The summed E-state index contributed by atoms with van der Waals surface area (Å²) in [6.45, 7) is 4.70. The van der Waals surface area contributed by atoms with Gasteiger partial charge in [-0.15, -0.1) is 0 Å². The maximum atomic E-state index is 12.4. The highest BCUT2D eigenvalue weighted by Gasteiger charge is 2.24. The van der Waals surface area contributed by atoms with Gasteiger partial charge in [-0.3, -0.25) is 0 Å². The predicted octanol–water partition coefficient (Wildman–Crippen LogP) is 8.02. The van der Waals surface area contributed by atoms with E-state index in [0.717, 1.165) is 30.1 Å². The Hall–Kier alpha value is -2.22. The van der Waals surface area contributed by atoms with Crippen molar-refractivity contribution in [3.63, 3.8) is 0 Å². The van der Waals surface area contributed by atoms with Gasteiger partial charge in [0, 0.05) is 10.0 Å². The van der Waals surface area contributed by atoms with Gasteiger partial charge in [0.1, 0.15) is 12.4 Å². The molecule has 0 fully saturated rings. The van der Waals surface area contributed by atoms with Gasteiger partial charge >= 0.3 is 5.97 Å². The second-order valence-electron chi connectivity index (χ2n) is 7.84. The number of ether oxygens (including phenoxy) is 2. The fraction of sp³-hybridized carbons (Fsp3) is 0.154. The van der Waals surface area contributed by atoms with Crippen LogP contribution in [-0.2, 0) is 16.1 Å². The molecule has 0 unspecified atom stereocenters. The molecule has 1 aliphatic heterocycles. The molecule has 4 nitrogen and oxygen atoms in total. The van der Waals surface area contributed by atoms with Crippen molar-refractivity contribution in [3.05, 3.63) is 102 Å². The molecule has 0 saturated heterocycles. The summed E-state index contributed by atoms with van der Waals surface area (Å²) >= 11 is 10.6. The lowest BCUT2D eigenvalue weighted by molar-refractivity contribution is -0.129. The molecule has 0 amide bonds. The first-order valence-corrected chi connectivity index (χ1v) is 12.7. The van der Waals surface area contributed by atoms with E-state index in [-0.39, 0.29) is 5.70 Å². The minimum Gasteiger partial charge on any atom is -0.487 e. The van der Waals surface area contributed by atoms with Crippen molar-refractivity contribution in [2.24, 2.45) is 4.99 Å². The van der Waals surface area contributed by atoms with Crippen molar-refractivity contribution in [1.82, 2.24) is 0 Å². The minimum absolute atomic E-state index is 0.250. The Morgan fingerprint density at radius 2 is 1.61 bits per heavy atom. The van der Waals surface area contributed by atoms with E-state index in [4.69, 9.17) is 9.47 Å². The largest absolute Gasteiger partial charge is 0.487 e. The molecule has 1 heterocycles. The third kappa shape index (κ3) is 5.83. The Bertz CT molecular complexity index is 1220. The van der Waals surface area contributed by atoms with Gasteiger partial charge in [0.2, 0.25) is 5.90 Å². The first-order chi connectivity index (χ1) is 15.8. The Balaban J connectivity index is 1.53. The van der Waals surface area contributed by atoms with Crippen molar-refractivity contribution in [2.45, 2.75) is 26.4 Å². The van der Waals surface area contributed by atoms with Gasteiger partial charge in [0.05, 0.1) is 8.95 Å². The van der Waals surface area contributed by atoms with Crippen molar-refractivity contribution in [2.75, 3.05) is 0 Å². The lowest BCUT2D eigenvalue weighted by Gasteiger charge is -2.11. The lowest BCUT2D eigenvalue weighted by Crippen LogP contribution is -2.05. The highest BCUT2D eigenvalue weighted by atomic mass is 79.9. The number of aliphatic imine (C=N–C) groups is 1. The number of nitrogens with zero attached hydrogens (tertiary/aromatic N) is 1. The predicted molar refractivity (Wildman–Crippen MR) is 141 cm³/mol. The maximum absolute atomic E-state index is 12.4. The first-order valence-electron chi connectivity index (χ1n) is 10.3. The molecule has 0 aliphatic carbocycles. The average molecular weight is 634 g/mol. The van der Waals surface area contributed by atoms with Crippen molar-refractivity contribution >= 4 is 65.7 Å². The number of cyclic esters (lactones) is 1. The normalized spacial score (nSPS) is 14.5. The second-order valence-corrected chi connectivity index (χ2v) is 10.5. The summed E-state index contributed by atoms with van der Waals surface area (Å²) in [5, 5.41) is 0. The second kappa shape index (κ2) is 10.4. The standard InChI is InChI=1S/C26H20Br3NO3/c1-15(2)18-5-7-19(8-6-18)25-30-23(26(31)33-25)13-17-11-21(28)24(22(29)12-17)32-14-16-3-9-20(27)10-4-16/h3-13,15H,14H2,1-2H3/b23-13-. The van der Waals surface area contributed by atoms with Crippen LogP contribution < -0.4 is 4.74 Å². The number of carbonyl (C=O) groups excluding carboxylic acids is 1. The molecule has 0 spiro atoms. The van der Waals surface area contributed by atoms with Crippen LogP contribution in [0.1, 0.15) is 42.0 Å². The topological polar surface area (TPSA) is 47.9 Å². The summed E-state index contributed by atoms with van der Waals surface area (Å²) in [4.78, 5) is 16.8. The molecular formula is C26H20Br3NO3. The molecule has 3 aromatic rings. The Labute approximate surface area is 218 Å². The van der Waals surface area contributed by atoms with Crippen LogP contribution in [0.4, 0.5) is 0 Å². The van der Waals surface area contributed by atoms with Gasteiger partial charge in [-0.2, -0.15) is 0 Å². The van der Waals surface area contributed by atoms with Gasteiger partial charge in [-0.25, -0.2) is 9.79 Å². The highest BCUT2D eigenvalue weighted by Crippen LogP contribution is 2.36. The molecule has 0 atom stereocenters. The zero-order valence-corrected chi connectivity index (χ0v) is 22.7. The molecule has 0 aromatic heterocycles. The number of rotatable bonds is 6. The molecule has 168 valence electrons. The molecule has 7 heteroatoms. The maximum Gasteiger partial charge on any atom is 0.363 e. The fourth-order valence-corrected chi connectivity index (χ4v) is 4.95. The smallest absolute Gasteiger partial charge is 0.363 e. The highest BCUT2D eigenvalue weighted by molar-refractivity contribution is 9.11. The van der Waals surface area contributed by atoms with Crippen LogP contribution in [0.2, 0.25) is 0 Å². The van der Waals surface area contributed by atoms with Gasteiger partial charge in [0.25, 0.3) is 0 Å². The Morgan fingerprint density at radius 1 is 0.970 bits per heavy atom. The number of halogens is 3. The van der Waals surface area contributed by atoms with Crippen LogP contribution >= 0.6 is 47.8 Å². The molecular weight excluding hydrogens is 614 g/mol. The van der Waals surface area contributed by atoms with Crippen LogP contribution in [-0.4, -0.2) is 11.9 Å². The summed E-state index contributed by atoms with van der Waals surface area (Å²) in [6.07, 6.45) is 1.70. The van der Waals surface area contributed by atoms with E-state index in [1.807, 2.05) is 60.7 Å². The van der Waals surface area contributed by atoms with Crippen LogP contribution in [0.3, 0.4) is 0 Å². The van der Waals surface area contributed by atoms with E-state index in [0.29, 0.717) is 24.2 Å². The van der Waals surface area contributed by atoms with Crippen LogP contribution in [0, 0.1) is 0 Å². The third-order valence-corrected chi connectivity index (χ3v) is 6.77. The zero-order valence-electron chi connectivity index (χ0n) is 17.9. The molecule has 3 aromatic carbocycles. The van der Waals surface area contributed by atoms with E-state index in [2.05, 4.69) is 66.6 Å². The summed E-state index contributed by atoms with van der Waals surface area (Å²) in [5.74, 6) is 0.958. The summed E-state index contributed by atoms with van der Waals surface area (Å²) in [7, 11) is 0. The van der Waals surface area contributed by atoms with Gasteiger partial charge in [0.15, 0.2) is 5.70 Å². The van der Waals surface area contributed by atoms with Crippen molar-refractivity contribution in [3.8, 4) is 5.75 Å². The molecule has 0 radical (unpaired) electrons. The molecule has 33 heavy (non-hydrogen) atoms. The summed E-state index contributed by atoms with van der Waals surface area (Å²) in [5.41, 5.74) is 4.09. The first kappa shape index (κ1) is 23.9. The average Bonchev–Trinajstić information content (AvgIpc) is 3.14. The monoisotopic (exact) mass is 631 g/mol. The molecule has 4 rings (SSSR count). The molecule has 0 saturated carbocycles. The molecule has 0 bridgehead atoms. The number of carbonyl (C=O) groups is 1. The van der Waals surface area contributed by atoms with Gasteiger partial charge in [-0.1, -0.05) is 54.0 Å². The van der Waals surface area contributed by atoms with E-state index < -0.39 is 5.97 Å². The quantitative estimate of drug-likeness (QED) is 0.204. The van der Waals surface area contributed by atoms with E-state index >= 15 is 0 Å². The van der Waals surface area contributed by atoms with Crippen LogP contribution in [0.5, 0.6) is 5.75 Å². The number of esters is 1. The number of hydrogen-bond donors (Lipinski definition) is 0. The Morgan fingerprint density at radius 3 is 2.21 bits per heavy atom. The fourth-order valence-electron chi connectivity index (χ4n) is 3.24. The van der Waals surface area contributed by atoms with E-state index in [1.165, 1.54) is 5.56 Å². The number of hydrogen-bond acceptors (Lipinski definition) is 4. The number of benzene rings is 3. The van der Waals surface area contributed by atoms with E-state index in [1.54, 1.807) is 6.08 Å². The van der Waals surface area contributed by atoms with Gasteiger partial charge < -0.3 is 9.47 Å². The zero-order chi connectivity index (χ0) is 23.5. The summed E-state index contributed by atoms with van der Waals surface area (Å²) < 4.78 is 13.9. The van der Waals surface area contributed by atoms with E-state index in [9.17, 15) is 4.79 Å². The SMILES string of the molecule is CC(C)c1ccc(C2=N/C(=C\c3cc(Br)c(OCc4ccc(Br)cc4)c(Br)c3)C(=O)O2)cc1. The van der Waals surface area contributed by atoms with Crippen molar-refractivity contribution in [1.29, 1.82) is 0 Å².